The first kappa shape index (κ1) is 41.3. The van der Waals surface area contributed by atoms with E-state index in [-0.39, 0.29) is 55.7 Å². The van der Waals surface area contributed by atoms with E-state index in [0.29, 0.717) is 30.1 Å². The van der Waals surface area contributed by atoms with E-state index < -0.39 is 59.4 Å². The second kappa shape index (κ2) is 18.6. The molecule has 2 aromatic carbocycles. The highest BCUT2D eigenvalue weighted by molar-refractivity contribution is 7.99. The van der Waals surface area contributed by atoms with Crippen LogP contribution in [0.1, 0.15) is 44.5 Å². The monoisotopic (exact) mass is 780 g/mol. The number of hydrogen-bond acceptors (Lipinski definition) is 7. The first-order valence-electron chi connectivity index (χ1n) is 18.2. The smallest absolute Gasteiger partial charge is 0.254 e. The summed E-state index contributed by atoms with van der Waals surface area (Å²) >= 11 is 1.27. The first-order chi connectivity index (χ1) is 26.2. The van der Waals surface area contributed by atoms with E-state index in [0.717, 1.165) is 40.8 Å². The summed E-state index contributed by atoms with van der Waals surface area (Å²) in [6, 6.07) is 14.1. The normalized spacial score (nSPS) is 17.5. The van der Waals surface area contributed by atoms with Crippen molar-refractivity contribution in [3.8, 4) is 11.1 Å². The Kier molecular flexibility index (Phi) is 14.0. The molecular weight excluding hydrogens is 734 g/mol. The van der Waals surface area contributed by atoms with Gasteiger partial charge in [-0.05, 0) is 35.2 Å². The van der Waals surface area contributed by atoms with Crippen LogP contribution in [0.5, 0.6) is 0 Å². The average Bonchev–Trinajstić information content (AvgIpc) is 3.83. The number of nitrogens with one attached hydrogen (secondary N) is 3. The molecule has 1 saturated heterocycles. The molecular formula is C40H47F3N6O5S. The number of carbonyl (C=O) groups excluding carboxylic acids is 5. The average molecular weight is 781 g/mol. The van der Waals surface area contributed by atoms with Crippen LogP contribution in [0.15, 0.2) is 72.9 Å². The lowest BCUT2D eigenvalue weighted by Crippen LogP contribution is -2.46. The quantitative estimate of drug-likeness (QED) is 0.138. The number of hydrogen-bond donors (Lipinski definition) is 3. The molecule has 0 spiro atoms. The van der Waals surface area contributed by atoms with Crippen molar-refractivity contribution in [1.29, 1.82) is 0 Å². The zero-order valence-electron chi connectivity index (χ0n) is 31.2. The molecule has 1 fully saturated rings. The fourth-order valence-electron chi connectivity index (χ4n) is 6.78. The van der Waals surface area contributed by atoms with Gasteiger partial charge in [-0.2, -0.15) is 11.8 Å². The number of imide groups is 1. The van der Waals surface area contributed by atoms with Crippen LogP contribution in [0, 0.1) is 23.0 Å². The number of amides is 5. The molecule has 3 heterocycles. The summed E-state index contributed by atoms with van der Waals surface area (Å²) in [4.78, 5) is 64.7. The molecule has 1 aromatic heterocycles. The first-order valence-corrected chi connectivity index (χ1v) is 19.3. The Balaban J connectivity index is 1.28. The standard InChI is InChI=1S/C40H47F3N6O5S/c1-40(2,3)39(33-17-27(30-18-29(41)9-10-31(30)42)22-47(33)21-26-7-5-4-6-8-26)49(23-28-19-44-20-32(28)43)38(54)25-55-16-13-34(50)45-14-15-46-35(51)24-48-36(52)11-12-37(48)53/h4-12,17-18,22,28,32,39,44H,13-16,19-21,23-25H2,1-3H3,(H,45,50)(H,46,51)/t28-,32-,39-/m0/s1. The molecule has 3 N–H and O–H groups in total. The molecule has 55 heavy (non-hydrogen) atoms. The molecule has 294 valence electrons. The lowest BCUT2D eigenvalue weighted by atomic mass is 9.82. The largest absolute Gasteiger partial charge is 0.354 e. The lowest BCUT2D eigenvalue weighted by Gasteiger charge is -2.42. The number of carbonyl (C=O) groups is 5. The van der Waals surface area contributed by atoms with Crippen LogP contribution in [-0.2, 0) is 30.5 Å². The second-order valence-electron chi connectivity index (χ2n) is 14.7. The number of aromatic nitrogens is 1. The summed E-state index contributed by atoms with van der Waals surface area (Å²) < 4.78 is 46.6. The van der Waals surface area contributed by atoms with Gasteiger partial charge in [0.05, 0.1) is 11.8 Å². The minimum absolute atomic E-state index is 0.0145. The summed E-state index contributed by atoms with van der Waals surface area (Å²) in [5.74, 6) is -3.50. The van der Waals surface area contributed by atoms with Gasteiger partial charge in [-0.1, -0.05) is 51.1 Å². The Labute approximate surface area is 323 Å². The van der Waals surface area contributed by atoms with Crippen molar-refractivity contribution in [3.05, 3.63) is 95.8 Å². The second-order valence-corrected chi connectivity index (χ2v) is 15.8. The summed E-state index contributed by atoms with van der Waals surface area (Å²) in [6.45, 7) is 6.86. The summed E-state index contributed by atoms with van der Waals surface area (Å²) in [5, 5.41) is 8.33. The van der Waals surface area contributed by atoms with Gasteiger partial charge in [-0.3, -0.25) is 28.9 Å². The van der Waals surface area contributed by atoms with E-state index in [1.54, 1.807) is 17.2 Å². The number of benzene rings is 2. The molecule has 11 nitrogen and oxygen atoms in total. The number of halogens is 3. The summed E-state index contributed by atoms with van der Waals surface area (Å²) in [7, 11) is 0. The molecule has 5 rings (SSSR count). The van der Waals surface area contributed by atoms with Crippen LogP contribution >= 0.6 is 11.8 Å². The van der Waals surface area contributed by atoms with Crippen LogP contribution in [0.4, 0.5) is 13.2 Å². The molecule has 15 heteroatoms. The maximum Gasteiger partial charge on any atom is 0.254 e. The number of thioether (sulfide) groups is 1. The highest BCUT2D eigenvalue weighted by atomic mass is 32.2. The van der Waals surface area contributed by atoms with Gasteiger partial charge in [-0.25, -0.2) is 13.2 Å². The topological polar surface area (TPSA) is 133 Å². The van der Waals surface area contributed by atoms with Crippen LogP contribution in [0.2, 0.25) is 0 Å². The van der Waals surface area contributed by atoms with Crippen molar-refractivity contribution in [2.45, 2.75) is 46.0 Å². The van der Waals surface area contributed by atoms with Gasteiger partial charge in [0.1, 0.15) is 24.4 Å². The van der Waals surface area contributed by atoms with E-state index in [1.165, 1.54) is 11.8 Å². The maximum absolute atomic E-state index is 15.2. The van der Waals surface area contributed by atoms with Crippen LogP contribution in [0.25, 0.3) is 11.1 Å². The fraction of sp³-hybridized carbons (Fsp3) is 0.425. The molecule has 0 unspecified atom stereocenters. The molecule has 2 aliphatic heterocycles. The Hall–Kier alpha value is -4.89. The van der Waals surface area contributed by atoms with E-state index in [9.17, 15) is 28.4 Å². The van der Waals surface area contributed by atoms with Crippen LogP contribution in [0.3, 0.4) is 0 Å². The van der Waals surface area contributed by atoms with Crippen molar-refractivity contribution in [2.75, 3.05) is 50.8 Å². The number of rotatable bonds is 17. The molecule has 0 aliphatic carbocycles. The zero-order chi connectivity index (χ0) is 39.7. The minimum Gasteiger partial charge on any atom is -0.354 e. The third-order valence-corrected chi connectivity index (χ3v) is 10.4. The van der Waals surface area contributed by atoms with Gasteiger partial charge in [0.25, 0.3) is 11.8 Å². The predicted octanol–water partition coefficient (Wildman–Crippen LogP) is 4.24. The minimum atomic E-state index is -1.16. The van der Waals surface area contributed by atoms with Gasteiger partial charge in [0.2, 0.25) is 17.7 Å². The van der Waals surface area contributed by atoms with Gasteiger partial charge in [0.15, 0.2) is 0 Å². The van der Waals surface area contributed by atoms with Crippen molar-refractivity contribution < 1.29 is 37.1 Å². The molecule has 0 bridgehead atoms. The van der Waals surface area contributed by atoms with Crippen molar-refractivity contribution in [2.24, 2.45) is 11.3 Å². The molecule has 0 saturated carbocycles. The van der Waals surface area contributed by atoms with Gasteiger partial charge < -0.3 is 25.4 Å². The molecule has 5 amide bonds. The van der Waals surface area contributed by atoms with Gasteiger partial charge in [0, 0.05) is 92.5 Å². The Morgan fingerprint density at radius 1 is 0.964 bits per heavy atom. The molecule has 2 aliphatic rings. The van der Waals surface area contributed by atoms with Crippen molar-refractivity contribution >= 4 is 41.3 Å². The van der Waals surface area contributed by atoms with E-state index in [2.05, 4.69) is 16.0 Å². The molecule has 0 radical (unpaired) electrons. The van der Waals surface area contributed by atoms with Crippen molar-refractivity contribution in [3.63, 3.8) is 0 Å². The third-order valence-electron chi connectivity index (χ3n) is 9.46. The number of alkyl halides is 1. The Morgan fingerprint density at radius 3 is 2.31 bits per heavy atom. The van der Waals surface area contributed by atoms with Crippen LogP contribution < -0.4 is 16.0 Å². The highest BCUT2D eigenvalue weighted by Gasteiger charge is 2.40. The molecule has 3 atom stereocenters. The highest BCUT2D eigenvalue weighted by Crippen LogP contribution is 2.42. The lowest BCUT2D eigenvalue weighted by molar-refractivity contribution is -0.141. The Bertz CT molecular complexity index is 1880. The fourth-order valence-corrected chi connectivity index (χ4v) is 7.60. The van der Waals surface area contributed by atoms with Crippen molar-refractivity contribution in [1.82, 2.24) is 30.3 Å². The summed E-state index contributed by atoms with van der Waals surface area (Å²) in [6.07, 6.45) is 2.89. The van der Waals surface area contributed by atoms with Crippen LogP contribution in [-0.4, -0.2) is 101 Å². The van der Waals surface area contributed by atoms with Gasteiger partial charge in [-0.15, -0.1) is 0 Å². The molecule has 3 aromatic rings. The maximum atomic E-state index is 15.2. The zero-order valence-corrected chi connectivity index (χ0v) is 32.0. The predicted molar refractivity (Wildman–Crippen MR) is 204 cm³/mol. The summed E-state index contributed by atoms with van der Waals surface area (Å²) in [5.41, 5.74) is 1.60. The SMILES string of the molecule is CC(C)(C)[C@H](c1cc(-c2cc(F)ccc2F)cn1Cc1ccccc1)N(C[C@@H]1CNC[C@@H]1F)C(=O)CSCCC(=O)NCCNC(=O)CN1C(=O)C=CC1=O. The number of nitrogens with zero attached hydrogens (tertiary/aromatic N) is 3. The van der Waals surface area contributed by atoms with E-state index in [1.807, 2.05) is 55.7 Å². The Morgan fingerprint density at radius 2 is 1.65 bits per heavy atom. The third kappa shape index (κ3) is 11.1. The van der Waals surface area contributed by atoms with Gasteiger partial charge >= 0.3 is 0 Å². The van der Waals surface area contributed by atoms with E-state index in [4.69, 9.17) is 0 Å². The van der Waals surface area contributed by atoms with E-state index >= 15 is 8.78 Å².